The van der Waals surface area contributed by atoms with Gasteiger partial charge in [0, 0.05) is 11.3 Å². The molecular formula is C9H8BrFOS. The second kappa shape index (κ2) is 4.77. The second-order valence-electron chi connectivity index (χ2n) is 2.60. The summed E-state index contributed by atoms with van der Waals surface area (Å²) >= 11 is 7.03. The van der Waals surface area contributed by atoms with Crippen molar-refractivity contribution in [3.05, 3.63) is 29.6 Å². The lowest BCUT2D eigenvalue weighted by atomic mass is 10.1. The van der Waals surface area contributed by atoms with Gasteiger partial charge in [0.1, 0.15) is 11.6 Å². The minimum Gasteiger partial charge on any atom is -0.298 e. The van der Waals surface area contributed by atoms with Gasteiger partial charge < -0.3 is 0 Å². The van der Waals surface area contributed by atoms with Gasteiger partial charge in [0.15, 0.2) is 0 Å². The summed E-state index contributed by atoms with van der Waals surface area (Å²) in [5.74, 6) is -0.371. The van der Waals surface area contributed by atoms with E-state index in [2.05, 4.69) is 28.6 Å². The van der Waals surface area contributed by atoms with Gasteiger partial charge in [-0.2, -0.15) is 0 Å². The zero-order chi connectivity index (χ0) is 9.84. The Morgan fingerprint density at radius 3 is 2.85 bits per heavy atom. The molecule has 0 saturated heterocycles. The Morgan fingerprint density at radius 1 is 1.54 bits per heavy atom. The van der Waals surface area contributed by atoms with E-state index in [0.29, 0.717) is 5.56 Å². The molecular weight excluding hydrogens is 255 g/mol. The normalized spacial score (nSPS) is 10.1. The molecule has 0 heterocycles. The first kappa shape index (κ1) is 10.7. The van der Waals surface area contributed by atoms with Gasteiger partial charge in [0.2, 0.25) is 0 Å². The summed E-state index contributed by atoms with van der Waals surface area (Å²) in [5, 5.41) is 0.288. The molecule has 4 heteroatoms. The number of alkyl halides is 1. The molecule has 13 heavy (non-hydrogen) atoms. The zero-order valence-electron chi connectivity index (χ0n) is 6.76. The SMILES string of the molecule is O=C(CBr)Cc1cccc(F)c1S. The summed E-state index contributed by atoms with van der Waals surface area (Å²) in [7, 11) is 0. The Bertz CT molecular complexity index is 327. The maximum Gasteiger partial charge on any atom is 0.147 e. The van der Waals surface area contributed by atoms with Crippen molar-refractivity contribution in [1.29, 1.82) is 0 Å². The fourth-order valence-electron chi connectivity index (χ4n) is 0.962. The number of hydrogen-bond donors (Lipinski definition) is 1. The summed E-state index contributed by atoms with van der Waals surface area (Å²) in [6.45, 7) is 0. The van der Waals surface area contributed by atoms with Crippen LogP contribution in [0.2, 0.25) is 0 Å². The van der Waals surface area contributed by atoms with Crippen LogP contribution in [0.1, 0.15) is 5.56 Å². The first-order chi connectivity index (χ1) is 6.15. The molecule has 0 amide bonds. The van der Waals surface area contributed by atoms with E-state index in [-0.39, 0.29) is 28.2 Å². The summed E-state index contributed by atoms with van der Waals surface area (Å²) < 4.78 is 12.9. The Morgan fingerprint density at radius 2 is 2.23 bits per heavy atom. The number of benzene rings is 1. The molecule has 0 aliphatic rings. The van der Waals surface area contributed by atoms with Crippen molar-refractivity contribution in [2.45, 2.75) is 11.3 Å². The van der Waals surface area contributed by atoms with Crippen LogP contribution in [-0.4, -0.2) is 11.1 Å². The third kappa shape index (κ3) is 2.81. The van der Waals surface area contributed by atoms with Crippen LogP contribution in [0.25, 0.3) is 0 Å². The first-order valence-electron chi connectivity index (χ1n) is 3.69. The number of ketones is 1. The third-order valence-electron chi connectivity index (χ3n) is 1.61. The third-order valence-corrected chi connectivity index (χ3v) is 2.73. The fraction of sp³-hybridized carbons (Fsp3) is 0.222. The molecule has 1 aromatic carbocycles. The van der Waals surface area contributed by atoms with Gasteiger partial charge in [0.25, 0.3) is 0 Å². The van der Waals surface area contributed by atoms with E-state index in [1.807, 2.05) is 0 Å². The predicted molar refractivity (Wildman–Crippen MR) is 56.2 cm³/mol. The van der Waals surface area contributed by atoms with Crippen LogP contribution in [0.5, 0.6) is 0 Å². The van der Waals surface area contributed by atoms with Gasteiger partial charge in [-0.15, -0.1) is 12.6 Å². The number of carbonyl (C=O) groups is 1. The van der Waals surface area contributed by atoms with Crippen LogP contribution >= 0.6 is 28.6 Å². The van der Waals surface area contributed by atoms with Crippen LogP contribution in [0.15, 0.2) is 23.1 Å². The lowest BCUT2D eigenvalue weighted by Crippen LogP contribution is -2.04. The number of thiol groups is 1. The monoisotopic (exact) mass is 262 g/mol. The molecule has 0 fully saturated rings. The molecule has 1 rings (SSSR count). The molecule has 0 aliphatic carbocycles. The number of carbonyl (C=O) groups excluding carboxylic acids is 1. The second-order valence-corrected chi connectivity index (χ2v) is 3.60. The van der Waals surface area contributed by atoms with E-state index in [1.165, 1.54) is 6.07 Å². The minimum absolute atomic E-state index is 0.0147. The van der Waals surface area contributed by atoms with E-state index in [0.717, 1.165) is 0 Å². The van der Waals surface area contributed by atoms with E-state index in [4.69, 9.17) is 0 Å². The molecule has 0 atom stereocenters. The fourth-order valence-corrected chi connectivity index (χ4v) is 1.39. The highest BCUT2D eigenvalue weighted by molar-refractivity contribution is 9.09. The molecule has 0 unspecified atom stereocenters. The number of Topliss-reactive ketones (excluding diaryl/α,β-unsaturated/α-hetero) is 1. The highest BCUT2D eigenvalue weighted by atomic mass is 79.9. The topological polar surface area (TPSA) is 17.1 Å². The Balaban J connectivity index is 2.89. The Hall–Kier alpha value is -0.350. The standard InChI is InChI=1S/C9H8BrFOS/c10-5-7(12)4-6-2-1-3-8(11)9(6)13/h1-3,13H,4-5H2. The number of rotatable bonds is 3. The van der Waals surface area contributed by atoms with Crippen LogP contribution in [0, 0.1) is 5.82 Å². The summed E-state index contributed by atoms with van der Waals surface area (Å²) in [6, 6.07) is 4.60. The van der Waals surface area contributed by atoms with Crippen molar-refractivity contribution in [2.24, 2.45) is 0 Å². The Kier molecular flexibility index (Phi) is 3.93. The molecule has 0 aliphatic heterocycles. The summed E-state index contributed by atoms with van der Waals surface area (Å²) in [5.41, 5.74) is 0.632. The number of hydrogen-bond acceptors (Lipinski definition) is 2. The van der Waals surface area contributed by atoms with Crippen LogP contribution in [-0.2, 0) is 11.2 Å². The molecule has 0 spiro atoms. The van der Waals surface area contributed by atoms with Gasteiger partial charge in [-0.3, -0.25) is 4.79 Å². The van der Waals surface area contributed by atoms with Crippen molar-refractivity contribution < 1.29 is 9.18 Å². The lowest BCUT2D eigenvalue weighted by molar-refractivity contribution is -0.115. The molecule has 0 saturated carbocycles. The van der Waals surface area contributed by atoms with Gasteiger partial charge in [-0.05, 0) is 11.6 Å². The van der Waals surface area contributed by atoms with Crippen molar-refractivity contribution in [2.75, 3.05) is 5.33 Å². The lowest BCUT2D eigenvalue weighted by Gasteiger charge is -2.03. The maximum atomic E-state index is 12.9. The predicted octanol–water partition coefficient (Wildman–Crippen LogP) is 2.62. The molecule has 1 aromatic rings. The average Bonchev–Trinajstić information content (AvgIpc) is 2.13. The Labute approximate surface area is 89.9 Å². The summed E-state index contributed by atoms with van der Waals surface area (Å²) in [4.78, 5) is 11.3. The quantitative estimate of drug-likeness (QED) is 0.655. The molecule has 1 nitrogen and oxygen atoms in total. The van der Waals surface area contributed by atoms with Gasteiger partial charge in [0.05, 0.1) is 5.33 Å². The average molecular weight is 263 g/mol. The highest BCUT2D eigenvalue weighted by Gasteiger charge is 2.07. The van der Waals surface area contributed by atoms with Crippen molar-refractivity contribution in [3.8, 4) is 0 Å². The molecule has 0 aromatic heterocycles. The number of halogens is 2. The van der Waals surface area contributed by atoms with Crippen LogP contribution < -0.4 is 0 Å². The van der Waals surface area contributed by atoms with E-state index in [9.17, 15) is 9.18 Å². The van der Waals surface area contributed by atoms with Crippen LogP contribution in [0.3, 0.4) is 0 Å². The maximum absolute atomic E-state index is 12.9. The molecule has 0 radical (unpaired) electrons. The largest absolute Gasteiger partial charge is 0.298 e. The molecule has 0 bridgehead atoms. The van der Waals surface area contributed by atoms with E-state index in [1.54, 1.807) is 12.1 Å². The molecule has 0 N–H and O–H groups in total. The molecule has 70 valence electrons. The minimum atomic E-state index is -0.386. The smallest absolute Gasteiger partial charge is 0.147 e. The van der Waals surface area contributed by atoms with E-state index >= 15 is 0 Å². The van der Waals surface area contributed by atoms with Gasteiger partial charge >= 0.3 is 0 Å². The van der Waals surface area contributed by atoms with Crippen molar-refractivity contribution in [1.82, 2.24) is 0 Å². The first-order valence-corrected chi connectivity index (χ1v) is 5.26. The van der Waals surface area contributed by atoms with E-state index < -0.39 is 0 Å². The van der Waals surface area contributed by atoms with Crippen LogP contribution in [0.4, 0.5) is 4.39 Å². The van der Waals surface area contributed by atoms with Gasteiger partial charge in [-0.25, -0.2) is 4.39 Å². The summed E-state index contributed by atoms with van der Waals surface area (Å²) in [6.07, 6.45) is 0.224. The zero-order valence-corrected chi connectivity index (χ0v) is 9.24. The van der Waals surface area contributed by atoms with Crippen molar-refractivity contribution >= 4 is 34.3 Å². The van der Waals surface area contributed by atoms with Crippen molar-refractivity contribution in [3.63, 3.8) is 0 Å². The van der Waals surface area contributed by atoms with Gasteiger partial charge in [-0.1, -0.05) is 28.1 Å². The highest BCUT2D eigenvalue weighted by Crippen LogP contribution is 2.18.